The molecule has 1 aliphatic heterocycles. The average molecular weight is 353 g/mol. The summed E-state index contributed by atoms with van der Waals surface area (Å²) in [6, 6.07) is 4.81. The Bertz CT molecular complexity index is 519. The van der Waals surface area contributed by atoms with Crippen LogP contribution in [0.15, 0.2) is 18.2 Å². The first-order valence-electron chi connectivity index (χ1n) is 6.22. The normalized spacial score (nSPS) is 17.0. The van der Waals surface area contributed by atoms with Gasteiger partial charge >= 0.3 is 0 Å². The average Bonchev–Trinajstić information content (AvgIpc) is 2.48. The number of benzene rings is 1. The second kappa shape index (κ2) is 7.96. The van der Waals surface area contributed by atoms with Gasteiger partial charge in [-0.15, -0.1) is 12.4 Å². The molecule has 0 bridgehead atoms. The summed E-state index contributed by atoms with van der Waals surface area (Å²) in [6.07, 6.45) is 0.0905. The molecular weight excluding hydrogens is 337 g/mol. The lowest BCUT2D eigenvalue weighted by Gasteiger charge is -2.36. The van der Waals surface area contributed by atoms with E-state index in [0.717, 1.165) is 0 Å². The SMILES string of the molecule is Cl.NC(C=O)N1CCN(C(=O)c2cc(Cl)ccc2Cl)CC1. The molecule has 116 valence electrons. The van der Waals surface area contributed by atoms with E-state index < -0.39 is 6.17 Å². The van der Waals surface area contributed by atoms with Gasteiger partial charge in [0.2, 0.25) is 0 Å². The van der Waals surface area contributed by atoms with Gasteiger partial charge in [-0.05, 0) is 18.2 Å². The Morgan fingerprint density at radius 2 is 1.86 bits per heavy atom. The zero-order valence-electron chi connectivity index (χ0n) is 11.2. The molecule has 0 radical (unpaired) electrons. The van der Waals surface area contributed by atoms with Crippen LogP contribution >= 0.6 is 35.6 Å². The summed E-state index contributed by atoms with van der Waals surface area (Å²) in [5.74, 6) is -0.156. The molecule has 8 heteroatoms. The van der Waals surface area contributed by atoms with Crippen molar-refractivity contribution in [1.29, 1.82) is 0 Å². The fourth-order valence-electron chi connectivity index (χ4n) is 2.14. The molecular formula is C13H16Cl3N3O2. The van der Waals surface area contributed by atoms with Gasteiger partial charge in [-0.2, -0.15) is 0 Å². The van der Waals surface area contributed by atoms with Gasteiger partial charge in [0.15, 0.2) is 6.29 Å². The largest absolute Gasteiger partial charge is 0.336 e. The van der Waals surface area contributed by atoms with Gasteiger partial charge in [0.25, 0.3) is 5.91 Å². The lowest BCUT2D eigenvalue weighted by Crippen LogP contribution is -2.55. The minimum atomic E-state index is -0.609. The van der Waals surface area contributed by atoms with Crippen LogP contribution in [-0.4, -0.2) is 54.3 Å². The number of hydrogen-bond acceptors (Lipinski definition) is 4. The standard InChI is InChI=1S/C13H15Cl2N3O2.ClH/c14-9-1-2-11(15)10(7-9)13(20)18-5-3-17(4-6-18)12(16)8-19;/h1-2,7-8,12H,3-6,16H2;1H. The van der Waals surface area contributed by atoms with Crippen LogP contribution in [0.25, 0.3) is 0 Å². The highest BCUT2D eigenvalue weighted by molar-refractivity contribution is 6.35. The third-order valence-corrected chi connectivity index (χ3v) is 3.89. The van der Waals surface area contributed by atoms with Crippen molar-refractivity contribution >= 4 is 47.8 Å². The minimum absolute atomic E-state index is 0. The first-order chi connectivity index (χ1) is 9.52. The van der Waals surface area contributed by atoms with E-state index in [4.69, 9.17) is 28.9 Å². The molecule has 21 heavy (non-hydrogen) atoms. The van der Waals surface area contributed by atoms with Crippen molar-refractivity contribution in [3.63, 3.8) is 0 Å². The molecule has 1 fully saturated rings. The van der Waals surface area contributed by atoms with Gasteiger partial charge in [-0.25, -0.2) is 0 Å². The van der Waals surface area contributed by atoms with E-state index in [-0.39, 0.29) is 18.3 Å². The summed E-state index contributed by atoms with van der Waals surface area (Å²) in [5, 5.41) is 0.853. The Labute approximate surface area is 139 Å². The van der Waals surface area contributed by atoms with E-state index in [1.165, 1.54) is 0 Å². The smallest absolute Gasteiger partial charge is 0.255 e. The van der Waals surface area contributed by atoms with E-state index in [1.807, 2.05) is 4.90 Å². The molecule has 1 aliphatic rings. The summed E-state index contributed by atoms with van der Waals surface area (Å²) >= 11 is 11.9. The van der Waals surface area contributed by atoms with Crippen LogP contribution < -0.4 is 5.73 Å². The first kappa shape index (κ1) is 18.2. The minimum Gasteiger partial charge on any atom is -0.336 e. The van der Waals surface area contributed by atoms with E-state index in [1.54, 1.807) is 23.1 Å². The van der Waals surface area contributed by atoms with Gasteiger partial charge in [0.1, 0.15) is 6.17 Å². The summed E-state index contributed by atoms with van der Waals surface area (Å²) < 4.78 is 0. The van der Waals surface area contributed by atoms with Gasteiger partial charge in [0.05, 0.1) is 10.6 Å². The van der Waals surface area contributed by atoms with Crippen molar-refractivity contribution in [2.75, 3.05) is 26.2 Å². The molecule has 1 aromatic carbocycles. The number of hydrogen-bond donors (Lipinski definition) is 1. The van der Waals surface area contributed by atoms with Gasteiger partial charge in [-0.1, -0.05) is 23.2 Å². The molecule has 1 atom stereocenters. The number of rotatable bonds is 3. The third-order valence-electron chi connectivity index (χ3n) is 3.32. The highest BCUT2D eigenvalue weighted by Gasteiger charge is 2.25. The van der Waals surface area contributed by atoms with Gasteiger partial charge < -0.3 is 15.4 Å². The van der Waals surface area contributed by atoms with Crippen molar-refractivity contribution in [3.05, 3.63) is 33.8 Å². The Kier molecular flexibility index (Phi) is 6.90. The van der Waals surface area contributed by atoms with Crippen LogP contribution in [0, 0.1) is 0 Å². The number of carbonyl (C=O) groups is 2. The van der Waals surface area contributed by atoms with Crippen LogP contribution in [0.1, 0.15) is 10.4 Å². The van der Waals surface area contributed by atoms with Crippen molar-refractivity contribution < 1.29 is 9.59 Å². The molecule has 5 nitrogen and oxygen atoms in total. The van der Waals surface area contributed by atoms with Crippen LogP contribution in [0.3, 0.4) is 0 Å². The maximum Gasteiger partial charge on any atom is 0.255 e. The Hall–Kier alpha value is -0.850. The number of carbonyl (C=O) groups excluding carboxylic acids is 2. The Balaban J connectivity index is 0.00000220. The molecule has 1 aromatic rings. The summed E-state index contributed by atoms with van der Waals surface area (Å²) in [5.41, 5.74) is 6.04. The molecule has 1 amide bonds. The number of nitrogens with two attached hydrogens (primary N) is 1. The molecule has 1 unspecified atom stereocenters. The van der Waals surface area contributed by atoms with Crippen molar-refractivity contribution in [1.82, 2.24) is 9.80 Å². The first-order valence-corrected chi connectivity index (χ1v) is 6.98. The van der Waals surface area contributed by atoms with E-state index in [2.05, 4.69) is 0 Å². The quantitative estimate of drug-likeness (QED) is 0.840. The number of piperazine rings is 1. The summed E-state index contributed by atoms with van der Waals surface area (Å²) in [4.78, 5) is 26.5. The highest BCUT2D eigenvalue weighted by atomic mass is 35.5. The molecule has 2 N–H and O–H groups in total. The molecule has 0 saturated carbocycles. The molecule has 0 aromatic heterocycles. The van der Waals surface area contributed by atoms with E-state index >= 15 is 0 Å². The lowest BCUT2D eigenvalue weighted by atomic mass is 10.1. The molecule has 2 rings (SSSR count). The fourth-order valence-corrected chi connectivity index (χ4v) is 2.51. The van der Waals surface area contributed by atoms with Crippen molar-refractivity contribution in [3.8, 4) is 0 Å². The number of aldehydes is 1. The Morgan fingerprint density at radius 3 is 2.43 bits per heavy atom. The zero-order valence-corrected chi connectivity index (χ0v) is 13.5. The molecule has 0 spiro atoms. The van der Waals surface area contributed by atoms with E-state index in [9.17, 15) is 9.59 Å². The predicted molar refractivity (Wildman–Crippen MR) is 85.2 cm³/mol. The van der Waals surface area contributed by atoms with Crippen molar-refractivity contribution in [2.24, 2.45) is 5.73 Å². The summed E-state index contributed by atoms with van der Waals surface area (Å²) in [7, 11) is 0. The number of nitrogens with zero attached hydrogens (tertiary/aromatic N) is 2. The van der Waals surface area contributed by atoms with Crippen molar-refractivity contribution in [2.45, 2.75) is 6.17 Å². The maximum absolute atomic E-state index is 12.4. The number of amides is 1. The van der Waals surface area contributed by atoms with Crippen LogP contribution in [0.2, 0.25) is 10.0 Å². The predicted octanol–water partition coefficient (Wildman–Crippen LogP) is 1.66. The third kappa shape index (κ3) is 4.31. The number of halogens is 3. The molecule has 1 saturated heterocycles. The van der Waals surface area contributed by atoms with Gasteiger partial charge in [0, 0.05) is 31.2 Å². The summed E-state index contributed by atoms with van der Waals surface area (Å²) in [6.45, 7) is 2.13. The maximum atomic E-state index is 12.4. The van der Waals surface area contributed by atoms with E-state index in [0.29, 0.717) is 48.1 Å². The Morgan fingerprint density at radius 1 is 1.24 bits per heavy atom. The monoisotopic (exact) mass is 351 g/mol. The van der Waals surface area contributed by atoms with Crippen LogP contribution in [0.4, 0.5) is 0 Å². The molecule has 0 aliphatic carbocycles. The zero-order chi connectivity index (χ0) is 14.7. The van der Waals surface area contributed by atoms with Gasteiger partial charge in [-0.3, -0.25) is 9.69 Å². The fraction of sp³-hybridized carbons (Fsp3) is 0.385. The second-order valence-electron chi connectivity index (χ2n) is 4.58. The highest BCUT2D eigenvalue weighted by Crippen LogP contribution is 2.22. The lowest BCUT2D eigenvalue weighted by molar-refractivity contribution is -0.112. The van der Waals surface area contributed by atoms with Crippen LogP contribution in [0.5, 0.6) is 0 Å². The van der Waals surface area contributed by atoms with Crippen LogP contribution in [-0.2, 0) is 4.79 Å². The topological polar surface area (TPSA) is 66.6 Å². The molecule has 1 heterocycles. The second-order valence-corrected chi connectivity index (χ2v) is 5.42.